The molecule has 1 aromatic rings. The van der Waals surface area contributed by atoms with Crippen LogP contribution in [0, 0.1) is 0 Å². The lowest BCUT2D eigenvalue weighted by atomic mass is 9.97. The minimum Gasteiger partial charge on any atom is -0.508 e. The van der Waals surface area contributed by atoms with Crippen LogP contribution in [-0.4, -0.2) is 16.2 Å². The van der Waals surface area contributed by atoms with E-state index in [1.54, 1.807) is 6.07 Å². The number of carboxylic acids is 1. The van der Waals surface area contributed by atoms with Crippen molar-refractivity contribution in [3.63, 3.8) is 0 Å². The number of aromatic hydroxyl groups is 1. The van der Waals surface area contributed by atoms with Crippen LogP contribution in [0.3, 0.4) is 0 Å². The summed E-state index contributed by atoms with van der Waals surface area (Å²) in [6.45, 7) is 0.745. The van der Waals surface area contributed by atoms with E-state index in [4.69, 9.17) is 15.6 Å². The van der Waals surface area contributed by atoms with E-state index in [2.05, 4.69) is 0 Å². The second kappa shape index (κ2) is 3.52. The maximum atomic E-state index is 10.8. The third-order valence-corrected chi connectivity index (χ3v) is 2.51. The van der Waals surface area contributed by atoms with E-state index in [9.17, 15) is 9.90 Å². The van der Waals surface area contributed by atoms with Gasteiger partial charge in [0.1, 0.15) is 11.8 Å². The lowest BCUT2D eigenvalue weighted by molar-refractivity contribution is -0.138. The molecule has 0 fully saturated rings. The SMILES string of the molecule is NC(C(=O)O)c1c(O)ccc2c1COC2. The van der Waals surface area contributed by atoms with Crippen LogP contribution in [0.2, 0.25) is 0 Å². The normalized spacial score (nSPS) is 16.1. The molecule has 0 spiro atoms. The number of hydrogen-bond acceptors (Lipinski definition) is 4. The molecule has 0 bridgehead atoms. The number of ether oxygens (including phenoxy) is 1. The van der Waals surface area contributed by atoms with Crippen molar-refractivity contribution in [2.75, 3.05) is 0 Å². The van der Waals surface area contributed by atoms with Crippen LogP contribution >= 0.6 is 0 Å². The largest absolute Gasteiger partial charge is 0.508 e. The fourth-order valence-corrected chi connectivity index (χ4v) is 1.74. The van der Waals surface area contributed by atoms with Crippen LogP contribution < -0.4 is 5.73 Å². The summed E-state index contributed by atoms with van der Waals surface area (Å²) in [5.41, 5.74) is 7.35. The zero-order chi connectivity index (χ0) is 11.0. The smallest absolute Gasteiger partial charge is 0.325 e. The van der Waals surface area contributed by atoms with Crippen molar-refractivity contribution in [1.82, 2.24) is 0 Å². The molecule has 0 saturated heterocycles. The number of phenolic OH excluding ortho intramolecular Hbond substituents is 1. The molecule has 1 aliphatic rings. The summed E-state index contributed by atoms with van der Waals surface area (Å²) in [5, 5.41) is 18.4. The van der Waals surface area contributed by atoms with Gasteiger partial charge < -0.3 is 20.7 Å². The van der Waals surface area contributed by atoms with Crippen molar-refractivity contribution >= 4 is 5.97 Å². The highest BCUT2D eigenvalue weighted by Gasteiger charge is 2.26. The lowest BCUT2D eigenvalue weighted by Crippen LogP contribution is -2.22. The number of aliphatic carboxylic acids is 1. The van der Waals surface area contributed by atoms with Crippen LogP contribution in [0.4, 0.5) is 0 Å². The van der Waals surface area contributed by atoms with E-state index >= 15 is 0 Å². The van der Waals surface area contributed by atoms with Gasteiger partial charge in [0.15, 0.2) is 0 Å². The van der Waals surface area contributed by atoms with Gasteiger partial charge in [-0.15, -0.1) is 0 Å². The Morgan fingerprint density at radius 3 is 2.87 bits per heavy atom. The number of fused-ring (bicyclic) bond motifs is 1. The first-order valence-electron chi connectivity index (χ1n) is 4.51. The highest BCUT2D eigenvalue weighted by molar-refractivity contribution is 5.77. The minimum atomic E-state index is -1.21. The van der Waals surface area contributed by atoms with E-state index in [0.717, 1.165) is 5.56 Å². The first-order valence-corrected chi connectivity index (χ1v) is 4.51. The number of rotatable bonds is 2. The number of nitrogens with two attached hydrogens (primary N) is 1. The van der Waals surface area contributed by atoms with Crippen LogP contribution in [0.25, 0.3) is 0 Å². The molecule has 15 heavy (non-hydrogen) atoms. The van der Waals surface area contributed by atoms with Gasteiger partial charge in [-0.25, -0.2) is 0 Å². The molecule has 5 heteroatoms. The van der Waals surface area contributed by atoms with Crippen molar-refractivity contribution in [1.29, 1.82) is 0 Å². The van der Waals surface area contributed by atoms with E-state index in [1.807, 2.05) is 0 Å². The Morgan fingerprint density at radius 2 is 2.20 bits per heavy atom. The summed E-state index contributed by atoms with van der Waals surface area (Å²) in [6.07, 6.45) is 0. The van der Waals surface area contributed by atoms with Gasteiger partial charge in [-0.2, -0.15) is 0 Å². The molecule has 5 nitrogen and oxygen atoms in total. The van der Waals surface area contributed by atoms with Crippen molar-refractivity contribution in [2.45, 2.75) is 19.3 Å². The van der Waals surface area contributed by atoms with Gasteiger partial charge in [0.2, 0.25) is 0 Å². The summed E-state index contributed by atoms with van der Waals surface area (Å²) < 4.78 is 5.18. The number of carbonyl (C=O) groups is 1. The molecule has 0 amide bonds. The zero-order valence-corrected chi connectivity index (χ0v) is 7.93. The third-order valence-electron chi connectivity index (χ3n) is 2.51. The molecule has 0 aliphatic carbocycles. The molecule has 4 N–H and O–H groups in total. The molecular formula is C10H11NO4. The Bertz CT molecular complexity index is 416. The predicted molar refractivity (Wildman–Crippen MR) is 51.2 cm³/mol. The summed E-state index contributed by atoms with van der Waals surface area (Å²) in [5.74, 6) is -1.25. The second-order valence-electron chi connectivity index (χ2n) is 3.44. The van der Waals surface area contributed by atoms with Crippen molar-refractivity contribution < 1.29 is 19.7 Å². The van der Waals surface area contributed by atoms with Crippen LogP contribution in [-0.2, 0) is 22.7 Å². The van der Waals surface area contributed by atoms with E-state index in [0.29, 0.717) is 18.8 Å². The maximum absolute atomic E-state index is 10.8. The molecule has 1 atom stereocenters. The Kier molecular flexibility index (Phi) is 2.34. The van der Waals surface area contributed by atoms with E-state index in [-0.39, 0.29) is 11.3 Å². The maximum Gasteiger partial charge on any atom is 0.325 e. The number of hydrogen-bond donors (Lipinski definition) is 3. The highest BCUT2D eigenvalue weighted by Crippen LogP contribution is 2.33. The monoisotopic (exact) mass is 209 g/mol. The Balaban J connectivity index is 2.54. The fraction of sp³-hybridized carbons (Fsp3) is 0.300. The summed E-state index contributed by atoms with van der Waals surface area (Å²) >= 11 is 0. The van der Waals surface area contributed by atoms with Gasteiger partial charge >= 0.3 is 5.97 Å². The van der Waals surface area contributed by atoms with Gasteiger partial charge in [0.25, 0.3) is 0 Å². The Hall–Kier alpha value is -1.59. The molecule has 1 heterocycles. The quantitative estimate of drug-likeness (QED) is 0.659. The topological polar surface area (TPSA) is 92.8 Å². The van der Waals surface area contributed by atoms with Crippen LogP contribution in [0.15, 0.2) is 12.1 Å². The molecule has 0 radical (unpaired) electrons. The fourth-order valence-electron chi connectivity index (χ4n) is 1.74. The first-order chi connectivity index (χ1) is 7.11. The Morgan fingerprint density at radius 1 is 1.47 bits per heavy atom. The molecule has 0 saturated carbocycles. The number of benzene rings is 1. The molecule has 1 aromatic carbocycles. The average Bonchev–Trinajstić information content (AvgIpc) is 2.64. The van der Waals surface area contributed by atoms with Gasteiger partial charge in [-0.3, -0.25) is 4.79 Å². The zero-order valence-electron chi connectivity index (χ0n) is 7.93. The minimum absolute atomic E-state index is 0.0887. The first kappa shape index (κ1) is 9.95. The molecule has 2 rings (SSSR count). The average molecular weight is 209 g/mol. The van der Waals surface area contributed by atoms with E-state index < -0.39 is 12.0 Å². The number of carboxylic acid groups (broad SMARTS) is 1. The molecule has 0 aromatic heterocycles. The lowest BCUT2D eigenvalue weighted by Gasteiger charge is -2.13. The van der Waals surface area contributed by atoms with Crippen molar-refractivity contribution in [3.8, 4) is 5.75 Å². The summed E-state index contributed by atoms with van der Waals surface area (Å²) in [7, 11) is 0. The molecule has 1 aliphatic heterocycles. The third kappa shape index (κ3) is 1.55. The van der Waals surface area contributed by atoms with Crippen LogP contribution in [0.5, 0.6) is 5.75 Å². The Labute approximate surface area is 86.1 Å². The summed E-state index contributed by atoms with van der Waals surface area (Å²) in [4.78, 5) is 10.8. The van der Waals surface area contributed by atoms with Crippen LogP contribution in [0.1, 0.15) is 22.7 Å². The second-order valence-corrected chi connectivity index (χ2v) is 3.44. The van der Waals surface area contributed by atoms with Gasteiger partial charge in [-0.1, -0.05) is 6.07 Å². The van der Waals surface area contributed by atoms with Crippen molar-refractivity contribution in [3.05, 3.63) is 28.8 Å². The molecule has 80 valence electrons. The van der Waals surface area contributed by atoms with Gasteiger partial charge in [0, 0.05) is 5.56 Å². The molecule has 1 unspecified atom stereocenters. The van der Waals surface area contributed by atoms with Gasteiger partial charge in [0.05, 0.1) is 13.2 Å². The predicted octanol–water partition coefficient (Wildman–Crippen LogP) is 0.507. The van der Waals surface area contributed by atoms with Crippen molar-refractivity contribution in [2.24, 2.45) is 5.73 Å². The van der Waals surface area contributed by atoms with Gasteiger partial charge in [-0.05, 0) is 17.2 Å². The standard InChI is InChI=1S/C10H11NO4/c11-9(10(13)14)8-6-4-15-3-5(6)1-2-7(8)12/h1-2,9,12H,3-4,11H2,(H,13,14). The summed E-state index contributed by atoms with van der Waals surface area (Å²) in [6, 6.07) is 1.96. The highest BCUT2D eigenvalue weighted by atomic mass is 16.5. The number of phenols is 1. The molecular weight excluding hydrogens is 198 g/mol. The van der Waals surface area contributed by atoms with E-state index in [1.165, 1.54) is 6.07 Å².